The van der Waals surface area contributed by atoms with Crippen LogP contribution < -0.4 is 0 Å². The minimum Gasteiger partial charge on any atom is -0.338 e. The number of thioether (sulfide) groups is 1. The molecule has 2 aromatic rings. The summed E-state index contributed by atoms with van der Waals surface area (Å²) in [6.07, 6.45) is 3.01. The SMILES string of the molecule is CC[C@H]1CSC2=N[C@H](c3ccccn3)[C@@H](c3ccc(Br)cc3)N21. The molecule has 0 spiro atoms. The molecule has 23 heavy (non-hydrogen) atoms. The minimum absolute atomic E-state index is 0.0780. The predicted molar refractivity (Wildman–Crippen MR) is 99.7 cm³/mol. The summed E-state index contributed by atoms with van der Waals surface area (Å²) >= 11 is 5.42. The summed E-state index contributed by atoms with van der Waals surface area (Å²) in [6.45, 7) is 2.26. The molecular weight excluding hydrogens is 370 g/mol. The van der Waals surface area contributed by atoms with Crippen LogP contribution in [0, 0.1) is 0 Å². The number of hydrogen-bond acceptors (Lipinski definition) is 4. The maximum atomic E-state index is 5.03. The fourth-order valence-electron chi connectivity index (χ4n) is 3.37. The van der Waals surface area contributed by atoms with Crippen molar-refractivity contribution in [3.8, 4) is 0 Å². The van der Waals surface area contributed by atoms with E-state index in [1.54, 1.807) is 0 Å². The molecule has 2 aliphatic heterocycles. The van der Waals surface area contributed by atoms with Gasteiger partial charge in [-0.3, -0.25) is 9.98 Å². The van der Waals surface area contributed by atoms with Crippen molar-refractivity contribution >= 4 is 32.9 Å². The maximum absolute atomic E-state index is 5.03. The number of fused-ring (bicyclic) bond motifs is 1. The van der Waals surface area contributed by atoms with Gasteiger partial charge in [0.1, 0.15) is 6.04 Å². The number of pyridine rings is 1. The van der Waals surface area contributed by atoms with Crippen molar-refractivity contribution in [3.63, 3.8) is 0 Å². The molecule has 0 amide bonds. The van der Waals surface area contributed by atoms with E-state index in [-0.39, 0.29) is 12.1 Å². The Morgan fingerprint density at radius 2 is 2.04 bits per heavy atom. The summed E-state index contributed by atoms with van der Waals surface area (Å²) in [5.41, 5.74) is 2.36. The highest BCUT2D eigenvalue weighted by Gasteiger charge is 2.45. The number of halogens is 1. The molecule has 118 valence electrons. The van der Waals surface area contributed by atoms with E-state index in [4.69, 9.17) is 4.99 Å². The van der Waals surface area contributed by atoms with Crippen molar-refractivity contribution < 1.29 is 0 Å². The molecule has 1 aromatic carbocycles. The van der Waals surface area contributed by atoms with Crippen LogP contribution in [0.1, 0.15) is 36.7 Å². The number of benzene rings is 1. The van der Waals surface area contributed by atoms with Gasteiger partial charge in [-0.25, -0.2) is 0 Å². The van der Waals surface area contributed by atoms with Gasteiger partial charge in [0.25, 0.3) is 0 Å². The smallest absolute Gasteiger partial charge is 0.160 e. The second kappa shape index (κ2) is 6.29. The first-order valence-electron chi connectivity index (χ1n) is 7.93. The van der Waals surface area contributed by atoms with Crippen LogP contribution in [0.4, 0.5) is 0 Å². The predicted octanol–water partition coefficient (Wildman–Crippen LogP) is 4.82. The summed E-state index contributed by atoms with van der Waals surface area (Å²) in [6, 6.07) is 15.6. The molecule has 0 bridgehead atoms. The molecule has 3 nitrogen and oxygen atoms in total. The molecule has 3 atom stereocenters. The molecule has 0 radical (unpaired) electrons. The van der Waals surface area contributed by atoms with Gasteiger partial charge in [-0.1, -0.05) is 52.8 Å². The highest BCUT2D eigenvalue weighted by Crippen LogP contribution is 2.48. The lowest BCUT2D eigenvalue weighted by atomic mass is 9.95. The molecule has 4 rings (SSSR count). The molecule has 1 fully saturated rings. The van der Waals surface area contributed by atoms with Gasteiger partial charge in [0.2, 0.25) is 0 Å². The van der Waals surface area contributed by atoms with E-state index in [0.29, 0.717) is 6.04 Å². The van der Waals surface area contributed by atoms with Crippen molar-refractivity contribution in [1.82, 2.24) is 9.88 Å². The van der Waals surface area contributed by atoms with Crippen LogP contribution in [-0.2, 0) is 0 Å². The highest BCUT2D eigenvalue weighted by atomic mass is 79.9. The van der Waals surface area contributed by atoms with Crippen LogP contribution >= 0.6 is 27.7 Å². The number of aromatic nitrogens is 1. The van der Waals surface area contributed by atoms with Crippen molar-refractivity contribution in [2.45, 2.75) is 31.5 Å². The first-order chi connectivity index (χ1) is 11.3. The van der Waals surface area contributed by atoms with E-state index in [1.807, 2.05) is 24.0 Å². The fraction of sp³-hybridized carbons (Fsp3) is 0.333. The summed E-state index contributed by atoms with van der Waals surface area (Å²) in [5.74, 6) is 1.14. The van der Waals surface area contributed by atoms with Crippen molar-refractivity contribution in [1.29, 1.82) is 0 Å². The van der Waals surface area contributed by atoms with Crippen molar-refractivity contribution in [3.05, 3.63) is 64.4 Å². The lowest BCUT2D eigenvalue weighted by Crippen LogP contribution is -2.35. The standard InChI is InChI=1S/C18H18BrN3S/c1-2-14-11-23-18-21-16(15-5-3-4-10-20-15)17(22(14)18)12-6-8-13(19)9-7-12/h3-10,14,16-17H,2,11H2,1H3/t14-,16+,17+/m0/s1. The maximum Gasteiger partial charge on any atom is 0.160 e. The Morgan fingerprint density at radius 3 is 2.74 bits per heavy atom. The lowest BCUT2D eigenvalue weighted by molar-refractivity contribution is 0.255. The van der Waals surface area contributed by atoms with Crippen LogP contribution in [0.5, 0.6) is 0 Å². The molecule has 0 unspecified atom stereocenters. The average molecular weight is 388 g/mol. The Bertz CT molecular complexity index is 717. The Hall–Kier alpha value is -1.33. The van der Waals surface area contributed by atoms with E-state index in [1.165, 1.54) is 10.7 Å². The summed E-state index contributed by atoms with van der Waals surface area (Å²) in [5, 5.41) is 1.18. The van der Waals surface area contributed by atoms with Gasteiger partial charge in [0.15, 0.2) is 5.17 Å². The van der Waals surface area contributed by atoms with Gasteiger partial charge in [-0.15, -0.1) is 0 Å². The minimum atomic E-state index is 0.0780. The number of nitrogens with zero attached hydrogens (tertiary/aromatic N) is 3. The lowest BCUT2D eigenvalue weighted by Gasteiger charge is -2.31. The quantitative estimate of drug-likeness (QED) is 0.755. The number of hydrogen-bond donors (Lipinski definition) is 0. The molecule has 3 heterocycles. The zero-order valence-electron chi connectivity index (χ0n) is 12.9. The van der Waals surface area contributed by atoms with E-state index in [2.05, 4.69) is 69.1 Å². The molecule has 1 aromatic heterocycles. The van der Waals surface area contributed by atoms with Crippen molar-refractivity contribution in [2.24, 2.45) is 4.99 Å². The molecule has 0 aliphatic carbocycles. The zero-order chi connectivity index (χ0) is 15.8. The van der Waals surface area contributed by atoms with Crippen LogP contribution in [0.15, 0.2) is 58.1 Å². The first-order valence-corrected chi connectivity index (χ1v) is 9.71. The largest absolute Gasteiger partial charge is 0.338 e. The van der Waals surface area contributed by atoms with Gasteiger partial charge in [-0.05, 0) is 36.2 Å². The van der Waals surface area contributed by atoms with Crippen LogP contribution in [0.2, 0.25) is 0 Å². The normalized spacial score (nSPS) is 26.3. The van der Waals surface area contributed by atoms with Crippen LogP contribution in [0.3, 0.4) is 0 Å². The molecule has 0 N–H and O–H groups in total. The van der Waals surface area contributed by atoms with Crippen LogP contribution in [-0.4, -0.2) is 26.8 Å². The topological polar surface area (TPSA) is 28.5 Å². The monoisotopic (exact) mass is 387 g/mol. The van der Waals surface area contributed by atoms with Gasteiger partial charge in [0.05, 0.1) is 11.7 Å². The third-order valence-electron chi connectivity index (χ3n) is 4.54. The summed E-state index contributed by atoms with van der Waals surface area (Å²) in [4.78, 5) is 12.1. The Morgan fingerprint density at radius 1 is 1.22 bits per heavy atom. The second-order valence-corrected chi connectivity index (χ2v) is 7.79. The third kappa shape index (κ3) is 2.70. The molecule has 1 saturated heterocycles. The van der Waals surface area contributed by atoms with E-state index < -0.39 is 0 Å². The molecular formula is C18H18BrN3S. The second-order valence-electron chi connectivity index (χ2n) is 5.89. The number of amidine groups is 1. The number of rotatable bonds is 3. The molecule has 0 saturated carbocycles. The molecule has 5 heteroatoms. The first kappa shape index (κ1) is 15.2. The third-order valence-corrected chi connectivity index (χ3v) is 6.20. The van der Waals surface area contributed by atoms with Gasteiger partial charge >= 0.3 is 0 Å². The zero-order valence-corrected chi connectivity index (χ0v) is 15.3. The van der Waals surface area contributed by atoms with Gasteiger partial charge in [-0.2, -0.15) is 0 Å². The van der Waals surface area contributed by atoms with Gasteiger partial charge in [0, 0.05) is 22.5 Å². The van der Waals surface area contributed by atoms with E-state index >= 15 is 0 Å². The summed E-state index contributed by atoms with van der Waals surface area (Å²) in [7, 11) is 0. The highest BCUT2D eigenvalue weighted by molar-refractivity contribution is 9.10. The summed E-state index contributed by atoms with van der Waals surface area (Å²) < 4.78 is 1.11. The number of aliphatic imine (C=N–C) groups is 1. The molecule has 2 aliphatic rings. The van der Waals surface area contributed by atoms with E-state index in [0.717, 1.165) is 22.3 Å². The van der Waals surface area contributed by atoms with Crippen LogP contribution in [0.25, 0.3) is 0 Å². The van der Waals surface area contributed by atoms with Gasteiger partial charge < -0.3 is 4.90 Å². The fourth-order valence-corrected chi connectivity index (χ4v) is 4.97. The Balaban J connectivity index is 1.78. The Kier molecular flexibility index (Phi) is 4.16. The Labute approximate surface area is 149 Å². The van der Waals surface area contributed by atoms with E-state index in [9.17, 15) is 0 Å². The van der Waals surface area contributed by atoms with Crippen molar-refractivity contribution in [2.75, 3.05) is 5.75 Å². The average Bonchev–Trinajstić information content (AvgIpc) is 3.15.